The number of carbonyl (C=O) groups is 1. The quantitative estimate of drug-likeness (QED) is 0.701. The Bertz CT molecular complexity index is 1190. The summed E-state index contributed by atoms with van der Waals surface area (Å²) in [6, 6.07) is 20.4. The lowest BCUT2D eigenvalue weighted by Gasteiger charge is -2.11. The summed E-state index contributed by atoms with van der Waals surface area (Å²) in [6.45, 7) is 0. The monoisotopic (exact) mass is 394 g/mol. The molecule has 0 atom stereocenters. The van der Waals surface area contributed by atoms with E-state index >= 15 is 0 Å². The fraction of sp³-hybridized carbons (Fsp3) is 0. The van der Waals surface area contributed by atoms with Crippen LogP contribution in [0.25, 0.3) is 5.70 Å². The highest BCUT2D eigenvalue weighted by Crippen LogP contribution is 2.40. The summed E-state index contributed by atoms with van der Waals surface area (Å²) in [5.74, 6) is -1.16. The molecule has 0 saturated carbocycles. The highest BCUT2D eigenvalue weighted by molar-refractivity contribution is 7.97. The molecule has 1 aliphatic heterocycles. The van der Waals surface area contributed by atoms with Gasteiger partial charge in [-0.05, 0) is 42.5 Å². The van der Waals surface area contributed by atoms with Crippen molar-refractivity contribution in [3.05, 3.63) is 95.1 Å². The van der Waals surface area contributed by atoms with Crippen molar-refractivity contribution >= 4 is 32.8 Å². The highest BCUT2D eigenvalue weighted by atomic mass is 32.2. The van der Waals surface area contributed by atoms with Crippen LogP contribution in [0.4, 0.5) is 15.8 Å². The molecular formula is C21H15FN2O3S. The summed E-state index contributed by atoms with van der Waals surface area (Å²) in [7, 11) is -4.01. The van der Waals surface area contributed by atoms with Crippen molar-refractivity contribution in [2.24, 2.45) is 0 Å². The molecule has 1 amide bonds. The maximum absolute atomic E-state index is 13.2. The first-order valence-corrected chi connectivity index (χ1v) is 9.93. The third kappa shape index (κ3) is 3.16. The van der Waals surface area contributed by atoms with Crippen LogP contribution in [0.3, 0.4) is 0 Å². The molecule has 0 radical (unpaired) electrons. The van der Waals surface area contributed by atoms with E-state index in [2.05, 4.69) is 10.6 Å². The summed E-state index contributed by atoms with van der Waals surface area (Å²) >= 11 is 0. The van der Waals surface area contributed by atoms with Crippen molar-refractivity contribution in [3.63, 3.8) is 0 Å². The van der Waals surface area contributed by atoms with Crippen molar-refractivity contribution in [2.45, 2.75) is 4.90 Å². The minimum atomic E-state index is -4.01. The number of rotatable bonds is 4. The fourth-order valence-corrected chi connectivity index (χ4v) is 4.68. The lowest BCUT2D eigenvalue weighted by atomic mass is 10.1. The van der Waals surface area contributed by atoms with E-state index in [1.165, 1.54) is 30.3 Å². The Kier molecular flexibility index (Phi) is 4.44. The van der Waals surface area contributed by atoms with Gasteiger partial charge in [0.25, 0.3) is 5.91 Å². The molecule has 0 bridgehead atoms. The standard InChI is InChI=1S/C21H15FN2O3S/c22-14-10-12-16(13-11-14)23-19-17-8-4-5-9-18(17)28(26,27)20(19)21(25)24-15-6-2-1-3-7-15/h1-13,23H,(H,24,25). The van der Waals surface area contributed by atoms with Crippen LogP contribution < -0.4 is 10.6 Å². The third-order valence-corrected chi connectivity index (χ3v) is 6.16. The number of amides is 1. The van der Waals surface area contributed by atoms with Crippen LogP contribution >= 0.6 is 0 Å². The van der Waals surface area contributed by atoms with Gasteiger partial charge < -0.3 is 10.6 Å². The lowest BCUT2D eigenvalue weighted by Crippen LogP contribution is -2.20. The van der Waals surface area contributed by atoms with Crippen LogP contribution in [0.5, 0.6) is 0 Å². The van der Waals surface area contributed by atoms with Gasteiger partial charge in [0.15, 0.2) is 4.91 Å². The zero-order valence-corrected chi connectivity index (χ0v) is 15.3. The first-order chi connectivity index (χ1) is 13.5. The van der Waals surface area contributed by atoms with E-state index in [0.29, 0.717) is 16.9 Å². The van der Waals surface area contributed by atoms with E-state index in [1.807, 2.05) is 0 Å². The molecule has 0 saturated heterocycles. The van der Waals surface area contributed by atoms with Gasteiger partial charge in [-0.2, -0.15) is 0 Å². The van der Waals surface area contributed by atoms with Crippen LogP contribution in [-0.2, 0) is 14.6 Å². The van der Waals surface area contributed by atoms with Crippen LogP contribution in [0.15, 0.2) is 88.7 Å². The highest BCUT2D eigenvalue weighted by Gasteiger charge is 2.40. The second-order valence-corrected chi connectivity index (χ2v) is 8.01. The predicted molar refractivity (Wildman–Crippen MR) is 106 cm³/mol. The van der Waals surface area contributed by atoms with E-state index in [4.69, 9.17) is 0 Å². The number of hydrogen-bond acceptors (Lipinski definition) is 4. The second-order valence-electron chi connectivity index (χ2n) is 6.16. The number of nitrogens with one attached hydrogen (secondary N) is 2. The lowest BCUT2D eigenvalue weighted by molar-refractivity contribution is -0.112. The Labute approximate surface area is 161 Å². The number of anilines is 2. The molecule has 0 unspecified atom stereocenters. The smallest absolute Gasteiger partial charge is 0.269 e. The molecule has 5 nitrogen and oxygen atoms in total. The molecule has 0 fully saturated rings. The molecule has 0 aliphatic carbocycles. The topological polar surface area (TPSA) is 75.3 Å². The van der Waals surface area contributed by atoms with Gasteiger partial charge >= 0.3 is 0 Å². The number of fused-ring (bicyclic) bond motifs is 1. The summed E-state index contributed by atoms with van der Waals surface area (Å²) < 4.78 is 39.3. The zero-order valence-electron chi connectivity index (χ0n) is 14.5. The molecule has 3 aromatic carbocycles. The van der Waals surface area contributed by atoms with Crippen molar-refractivity contribution in [3.8, 4) is 0 Å². The van der Waals surface area contributed by atoms with E-state index < -0.39 is 21.6 Å². The molecule has 0 spiro atoms. The van der Waals surface area contributed by atoms with E-state index in [-0.39, 0.29) is 15.5 Å². The van der Waals surface area contributed by atoms with E-state index in [9.17, 15) is 17.6 Å². The number of sulfone groups is 1. The number of halogens is 1. The van der Waals surface area contributed by atoms with Gasteiger partial charge in [-0.15, -0.1) is 0 Å². The molecule has 140 valence electrons. The molecule has 4 rings (SSSR count). The normalized spacial score (nSPS) is 14.5. The molecule has 2 N–H and O–H groups in total. The Morgan fingerprint density at radius 1 is 0.786 bits per heavy atom. The SMILES string of the molecule is O=C(Nc1ccccc1)C1=C(Nc2ccc(F)cc2)c2ccccc2S1(=O)=O. The number of benzene rings is 3. The third-order valence-electron chi connectivity index (χ3n) is 4.29. The predicted octanol–water partition coefficient (Wildman–Crippen LogP) is 4.03. The van der Waals surface area contributed by atoms with Crippen LogP contribution in [0, 0.1) is 5.82 Å². The second kappa shape index (κ2) is 6.94. The molecule has 28 heavy (non-hydrogen) atoms. The van der Waals surface area contributed by atoms with E-state index in [0.717, 1.165) is 0 Å². The van der Waals surface area contributed by atoms with Crippen molar-refractivity contribution in [2.75, 3.05) is 10.6 Å². The van der Waals surface area contributed by atoms with Gasteiger partial charge in [-0.25, -0.2) is 12.8 Å². The first kappa shape index (κ1) is 17.9. The average Bonchev–Trinajstić information content (AvgIpc) is 2.91. The van der Waals surface area contributed by atoms with Gasteiger partial charge in [0.2, 0.25) is 9.84 Å². The van der Waals surface area contributed by atoms with Crippen LogP contribution in [-0.4, -0.2) is 14.3 Å². The van der Waals surface area contributed by atoms with Crippen LogP contribution in [0.2, 0.25) is 0 Å². The van der Waals surface area contributed by atoms with Gasteiger partial charge in [0, 0.05) is 16.9 Å². The van der Waals surface area contributed by atoms with E-state index in [1.54, 1.807) is 48.5 Å². The molecule has 0 aromatic heterocycles. The maximum Gasteiger partial charge on any atom is 0.269 e. The summed E-state index contributed by atoms with van der Waals surface area (Å²) in [5.41, 5.74) is 1.50. The molecular weight excluding hydrogens is 379 g/mol. The summed E-state index contributed by atoms with van der Waals surface area (Å²) in [6.07, 6.45) is 0. The van der Waals surface area contributed by atoms with Gasteiger partial charge in [-0.1, -0.05) is 36.4 Å². The Morgan fingerprint density at radius 3 is 2.14 bits per heavy atom. The molecule has 7 heteroatoms. The van der Waals surface area contributed by atoms with Crippen molar-refractivity contribution in [1.82, 2.24) is 0 Å². The Morgan fingerprint density at radius 2 is 1.43 bits per heavy atom. The number of hydrogen-bond donors (Lipinski definition) is 2. The average molecular weight is 394 g/mol. The van der Waals surface area contributed by atoms with Crippen molar-refractivity contribution in [1.29, 1.82) is 0 Å². The first-order valence-electron chi connectivity index (χ1n) is 8.44. The fourth-order valence-electron chi connectivity index (χ4n) is 3.02. The minimum Gasteiger partial charge on any atom is -0.354 e. The van der Waals surface area contributed by atoms with Gasteiger partial charge in [0.1, 0.15) is 5.82 Å². The Hall–Kier alpha value is -3.45. The number of para-hydroxylation sites is 1. The van der Waals surface area contributed by atoms with Crippen LogP contribution in [0.1, 0.15) is 5.56 Å². The molecule has 1 aliphatic rings. The maximum atomic E-state index is 13.2. The largest absolute Gasteiger partial charge is 0.354 e. The zero-order chi connectivity index (χ0) is 19.7. The minimum absolute atomic E-state index is 0.0535. The molecule has 3 aromatic rings. The summed E-state index contributed by atoms with van der Waals surface area (Å²) in [4.78, 5) is 12.6. The number of carbonyl (C=O) groups excluding carboxylic acids is 1. The Balaban J connectivity index is 1.82. The summed E-state index contributed by atoms with van der Waals surface area (Å²) in [5, 5.41) is 5.59. The van der Waals surface area contributed by atoms with Gasteiger partial charge in [-0.3, -0.25) is 4.79 Å². The molecule has 1 heterocycles. The van der Waals surface area contributed by atoms with Gasteiger partial charge in [0.05, 0.1) is 10.6 Å². The van der Waals surface area contributed by atoms with Crippen molar-refractivity contribution < 1.29 is 17.6 Å².